The van der Waals surface area contributed by atoms with E-state index in [-0.39, 0.29) is 24.4 Å². The molecule has 1 rings (SSSR count). The Labute approximate surface area is 106 Å². The molecule has 0 unspecified atom stereocenters. The van der Waals surface area contributed by atoms with Crippen molar-refractivity contribution in [3.63, 3.8) is 0 Å². The first-order chi connectivity index (χ1) is 8.52. The molecule has 98 valence electrons. The van der Waals surface area contributed by atoms with Gasteiger partial charge in [-0.1, -0.05) is 12.1 Å². The number of nitrogens with two attached hydrogens (primary N) is 1. The fraction of sp³-hybridized carbons (Fsp3) is 0.385. The van der Waals surface area contributed by atoms with E-state index >= 15 is 0 Å². The summed E-state index contributed by atoms with van der Waals surface area (Å²) < 4.78 is 9.51. The number of carbonyl (C=O) groups excluding carboxylic acids is 2. The van der Waals surface area contributed by atoms with Crippen molar-refractivity contribution in [3.8, 4) is 5.75 Å². The molecule has 5 heteroatoms. The molecule has 0 aliphatic heterocycles. The lowest BCUT2D eigenvalue weighted by atomic mass is 10.0. The summed E-state index contributed by atoms with van der Waals surface area (Å²) in [5.74, 6) is -0.217. The van der Waals surface area contributed by atoms with Gasteiger partial charge in [-0.3, -0.25) is 9.59 Å². The molecule has 0 heterocycles. The first-order valence-electron chi connectivity index (χ1n) is 5.63. The molecule has 1 aromatic rings. The van der Waals surface area contributed by atoms with Crippen molar-refractivity contribution >= 4 is 11.9 Å². The molecule has 18 heavy (non-hydrogen) atoms. The summed E-state index contributed by atoms with van der Waals surface area (Å²) in [4.78, 5) is 21.8. The van der Waals surface area contributed by atoms with E-state index < -0.39 is 0 Å². The van der Waals surface area contributed by atoms with E-state index in [1.54, 1.807) is 18.2 Å². The maximum Gasteiger partial charge on any atom is 0.308 e. The Balaban J connectivity index is 2.64. The molecule has 0 aliphatic carbocycles. The topological polar surface area (TPSA) is 78.6 Å². The van der Waals surface area contributed by atoms with E-state index in [1.165, 1.54) is 14.0 Å². The molecule has 1 atom stereocenters. The Morgan fingerprint density at radius 2 is 2.11 bits per heavy atom. The normalized spacial score (nSPS) is 11.7. The van der Waals surface area contributed by atoms with Crippen LogP contribution in [-0.4, -0.2) is 19.0 Å². The second-order valence-electron chi connectivity index (χ2n) is 3.89. The lowest BCUT2D eigenvalue weighted by Crippen LogP contribution is -2.13. The lowest BCUT2D eigenvalue weighted by Gasteiger charge is -2.12. The highest BCUT2D eigenvalue weighted by Gasteiger charge is 2.10. The molecular formula is C13H17NO4. The van der Waals surface area contributed by atoms with Crippen LogP contribution in [0, 0.1) is 0 Å². The number of carbonyl (C=O) groups is 2. The zero-order valence-corrected chi connectivity index (χ0v) is 10.5. The number of esters is 2. The zero-order valence-electron chi connectivity index (χ0n) is 10.5. The van der Waals surface area contributed by atoms with Crippen molar-refractivity contribution in [3.05, 3.63) is 29.8 Å². The van der Waals surface area contributed by atoms with Crippen LogP contribution < -0.4 is 10.5 Å². The Kier molecular flexibility index (Phi) is 5.32. The molecule has 0 fully saturated rings. The van der Waals surface area contributed by atoms with Gasteiger partial charge in [-0.25, -0.2) is 0 Å². The van der Waals surface area contributed by atoms with E-state index in [0.717, 1.165) is 5.56 Å². The van der Waals surface area contributed by atoms with Crippen LogP contribution in [0.25, 0.3) is 0 Å². The highest BCUT2D eigenvalue weighted by atomic mass is 16.5. The molecule has 0 aromatic heterocycles. The van der Waals surface area contributed by atoms with Crippen LogP contribution in [0.3, 0.4) is 0 Å². The fourth-order valence-electron chi connectivity index (χ4n) is 1.52. The van der Waals surface area contributed by atoms with Crippen molar-refractivity contribution < 1.29 is 19.1 Å². The van der Waals surface area contributed by atoms with Crippen molar-refractivity contribution in [1.29, 1.82) is 0 Å². The maximum absolute atomic E-state index is 11.0. The predicted octanol–water partition coefficient (Wildman–Crippen LogP) is 1.56. The van der Waals surface area contributed by atoms with E-state index in [2.05, 4.69) is 4.74 Å². The molecule has 0 saturated heterocycles. The van der Waals surface area contributed by atoms with Crippen LogP contribution in [0.15, 0.2) is 24.3 Å². The average Bonchev–Trinajstić information content (AvgIpc) is 2.35. The molecule has 0 bridgehead atoms. The molecule has 5 nitrogen and oxygen atoms in total. The van der Waals surface area contributed by atoms with Gasteiger partial charge < -0.3 is 15.2 Å². The Morgan fingerprint density at radius 1 is 1.39 bits per heavy atom. The summed E-state index contributed by atoms with van der Waals surface area (Å²) in [7, 11) is 1.34. The molecule has 1 aromatic carbocycles. The van der Waals surface area contributed by atoms with Crippen molar-refractivity contribution in [2.24, 2.45) is 5.73 Å². The van der Waals surface area contributed by atoms with Gasteiger partial charge in [0.15, 0.2) is 0 Å². The Hall–Kier alpha value is -1.88. The highest BCUT2D eigenvalue weighted by Crippen LogP contribution is 2.21. The van der Waals surface area contributed by atoms with Gasteiger partial charge in [0, 0.05) is 19.4 Å². The first kappa shape index (κ1) is 14.2. The van der Waals surface area contributed by atoms with E-state index in [1.807, 2.05) is 6.07 Å². The van der Waals surface area contributed by atoms with Crippen LogP contribution >= 0.6 is 0 Å². The van der Waals surface area contributed by atoms with Gasteiger partial charge in [-0.15, -0.1) is 0 Å². The second kappa shape index (κ2) is 6.76. The maximum atomic E-state index is 11.0. The van der Waals surface area contributed by atoms with Gasteiger partial charge in [-0.2, -0.15) is 0 Å². The number of benzene rings is 1. The van der Waals surface area contributed by atoms with Gasteiger partial charge in [0.1, 0.15) is 5.75 Å². The van der Waals surface area contributed by atoms with Crippen LogP contribution in [-0.2, 0) is 14.3 Å². The largest absolute Gasteiger partial charge is 0.469 e. The second-order valence-corrected chi connectivity index (χ2v) is 3.89. The SMILES string of the molecule is COC(=O)CC[C@H](N)c1cccc(OC(C)=O)c1. The third-order valence-corrected chi connectivity index (χ3v) is 2.43. The molecule has 2 N–H and O–H groups in total. The Bertz CT molecular complexity index is 431. The van der Waals surface area contributed by atoms with Gasteiger partial charge in [-0.05, 0) is 24.1 Å². The van der Waals surface area contributed by atoms with Crippen molar-refractivity contribution in [1.82, 2.24) is 0 Å². The first-order valence-corrected chi connectivity index (χ1v) is 5.63. The average molecular weight is 251 g/mol. The van der Waals surface area contributed by atoms with Crippen LogP contribution in [0.5, 0.6) is 5.75 Å². The van der Waals surface area contributed by atoms with Crippen LogP contribution in [0.2, 0.25) is 0 Å². The number of ether oxygens (including phenoxy) is 2. The molecule has 0 amide bonds. The van der Waals surface area contributed by atoms with Gasteiger partial charge in [0.2, 0.25) is 0 Å². The minimum absolute atomic E-state index is 0.259. The van der Waals surface area contributed by atoms with Crippen molar-refractivity contribution in [2.75, 3.05) is 7.11 Å². The predicted molar refractivity (Wildman–Crippen MR) is 65.9 cm³/mol. The summed E-state index contributed by atoms with van der Waals surface area (Å²) >= 11 is 0. The van der Waals surface area contributed by atoms with E-state index in [9.17, 15) is 9.59 Å². The monoisotopic (exact) mass is 251 g/mol. The van der Waals surface area contributed by atoms with Gasteiger partial charge >= 0.3 is 11.9 Å². The summed E-state index contributed by atoms with van der Waals surface area (Å²) in [6.45, 7) is 1.34. The molecule has 0 saturated carbocycles. The molecule has 0 aliphatic rings. The smallest absolute Gasteiger partial charge is 0.308 e. The molecule has 0 radical (unpaired) electrons. The van der Waals surface area contributed by atoms with Crippen LogP contribution in [0.4, 0.5) is 0 Å². The zero-order chi connectivity index (χ0) is 13.5. The number of methoxy groups -OCH3 is 1. The van der Waals surface area contributed by atoms with Crippen LogP contribution in [0.1, 0.15) is 31.4 Å². The van der Waals surface area contributed by atoms with Crippen molar-refractivity contribution in [2.45, 2.75) is 25.8 Å². The van der Waals surface area contributed by atoms with Gasteiger partial charge in [0.25, 0.3) is 0 Å². The minimum Gasteiger partial charge on any atom is -0.469 e. The molecule has 0 spiro atoms. The number of rotatable bonds is 5. The Morgan fingerprint density at radius 3 is 2.72 bits per heavy atom. The lowest BCUT2D eigenvalue weighted by molar-refractivity contribution is -0.140. The quantitative estimate of drug-likeness (QED) is 0.634. The van der Waals surface area contributed by atoms with Gasteiger partial charge in [0.05, 0.1) is 7.11 Å². The fourth-order valence-corrected chi connectivity index (χ4v) is 1.52. The molecular weight excluding hydrogens is 234 g/mol. The van der Waals surface area contributed by atoms with E-state index in [4.69, 9.17) is 10.5 Å². The third-order valence-electron chi connectivity index (χ3n) is 2.43. The summed E-state index contributed by atoms with van der Waals surface area (Å²) in [5.41, 5.74) is 6.77. The summed E-state index contributed by atoms with van der Waals surface area (Å²) in [6.07, 6.45) is 0.742. The van der Waals surface area contributed by atoms with E-state index in [0.29, 0.717) is 12.2 Å². The number of hydrogen-bond acceptors (Lipinski definition) is 5. The third kappa shape index (κ3) is 4.55. The summed E-state index contributed by atoms with van der Waals surface area (Å²) in [6, 6.07) is 6.67. The minimum atomic E-state index is -0.379. The standard InChI is InChI=1S/C13H17NO4/c1-9(15)18-11-5-3-4-10(8-11)12(14)6-7-13(16)17-2/h3-5,8,12H,6-7,14H2,1-2H3/t12-/m0/s1. The summed E-state index contributed by atoms with van der Waals surface area (Å²) in [5, 5.41) is 0. The number of hydrogen-bond donors (Lipinski definition) is 1. The highest BCUT2D eigenvalue weighted by molar-refractivity contribution is 5.69.